The Labute approximate surface area is 153 Å². The van der Waals surface area contributed by atoms with Crippen LogP contribution >= 0.6 is 11.8 Å². The van der Waals surface area contributed by atoms with Gasteiger partial charge in [-0.05, 0) is 12.1 Å². The van der Waals surface area contributed by atoms with Crippen molar-refractivity contribution in [2.45, 2.75) is 30.9 Å². The van der Waals surface area contributed by atoms with Crippen molar-refractivity contribution in [2.24, 2.45) is 7.05 Å². The number of hydrogen-bond acceptors (Lipinski definition) is 5. The van der Waals surface area contributed by atoms with E-state index in [0.717, 1.165) is 36.1 Å². The van der Waals surface area contributed by atoms with Crippen molar-refractivity contribution >= 4 is 11.8 Å². The summed E-state index contributed by atoms with van der Waals surface area (Å²) in [5.41, 5.74) is 3.64. The summed E-state index contributed by atoms with van der Waals surface area (Å²) < 4.78 is 1.84. The van der Waals surface area contributed by atoms with Gasteiger partial charge < -0.3 is 0 Å². The molecule has 3 aromatic rings. The van der Waals surface area contributed by atoms with E-state index >= 15 is 0 Å². The van der Waals surface area contributed by atoms with Gasteiger partial charge in [0.15, 0.2) is 5.16 Å². The molecule has 0 bridgehead atoms. The summed E-state index contributed by atoms with van der Waals surface area (Å²) in [5.74, 6) is 0.891. The fourth-order valence-electron chi connectivity index (χ4n) is 2.57. The van der Waals surface area contributed by atoms with Gasteiger partial charge in [-0.1, -0.05) is 49.0 Å². The number of aryl methyl sites for hydroxylation is 1. The van der Waals surface area contributed by atoms with Gasteiger partial charge in [-0.3, -0.25) is 9.58 Å². The molecule has 0 saturated heterocycles. The molecule has 0 N–H and O–H groups in total. The van der Waals surface area contributed by atoms with Crippen molar-refractivity contribution in [3.8, 4) is 0 Å². The van der Waals surface area contributed by atoms with E-state index in [0.29, 0.717) is 0 Å². The second kappa shape index (κ2) is 8.78. The lowest BCUT2D eigenvalue weighted by molar-refractivity contribution is 0.270. The predicted molar refractivity (Wildman–Crippen MR) is 101 cm³/mol. The maximum atomic E-state index is 4.50. The van der Waals surface area contributed by atoms with Gasteiger partial charge in [-0.15, -0.1) is 0 Å². The van der Waals surface area contributed by atoms with Gasteiger partial charge in [0.2, 0.25) is 0 Å². The molecule has 6 heteroatoms. The fraction of sp³-hybridized carbons (Fsp3) is 0.316. The molecule has 130 valence electrons. The lowest BCUT2D eigenvalue weighted by Crippen LogP contribution is -2.22. The number of benzene rings is 1. The molecule has 5 nitrogen and oxygen atoms in total. The molecule has 0 aliphatic rings. The Morgan fingerprint density at radius 3 is 2.32 bits per heavy atom. The zero-order valence-electron chi connectivity index (χ0n) is 14.7. The molecular weight excluding hydrogens is 330 g/mol. The van der Waals surface area contributed by atoms with Gasteiger partial charge in [-0.25, -0.2) is 9.97 Å². The van der Waals surface area contributed by atoms with Gasteiger partial charge >= 0.3 is 0 Å². The summed E-state index contributed by atoms with van der Waals surface area (Å²) in [4.78, 5) is 11.4. The average molecular weight is 353 g/mol. The van der Waals surface area contributed by atoms with E-state index in [1.165, 1.54) is 11.1 Å². The average Bonchev–Trinajstić information content (AvgIpc) is 3.06. The van der Waals surface area contributed by atoms with Crippen LogP contribution in [-0.4, -0.2) is 31.2 Å². The third-order valence-electron chi connectivity index (χ3n) is 3.91. The lowest BCUT2D eigenvalue weighted by Gasteiger charge is -2.19. The van der Waals surface area contributed by atoms with Crippen molar-refractivity contribution in [3.05, 3.63) is 71.8 Å². The van der Waals surface area contributed by atoms with Gasteiger partial charge in [0, 0.05) is 55.6 Å². The van der Waals surface area contributed by atoms with Crippen molar-refractivity contribution in [1.29, 1.82) is 0 Å². The molecule has 0 amide bonds. The number of rotatable bonds is 8. The number of aromatic nitrogens is 4. The summed E-state index contributed by atoms with van der Waals surface area (Å²) in [7, 11) is 1.94. The van der Waals surface area contributed by atoms with E-state index < -0.39 is 0 Å². The smallest absolute Gasteiger partial charge is 0.187 e. The minimum absolute atomic E-state index is 0.822. The van der Waals surface area contributed by atoms with Crippen LogP contribution in [0.1, 0.15) is 23.6 Å². The molecule has 0 radical (unpaired) electrons. The first-order valence-corrected chi connectivity index (χ1v) is 9.39. The summed E-state index contributed by atoms with van der Waals surface area (Å²) in [6.07, 6.45) is 7.85. The highest BCUT2D eigenvalue weighted by molar-refractivity contribution is 7.98. The van der Waals surface area contributed by atoms with Crippen molar-refractivity contribution in [2.75, 3.05) is 6.54 Å². The minimum Gasteiger partial charge on any atom is -0.295 e. The molecule has 2 aromatic heterocycles. The highest BCUT2D eigenvalue weighted by Crippen LogP contribution is 2.19. The van der Waals surface area contributed by atoms with Gasteiger partial charge in [0.05, 0.1) is 6.20 Å². The predicted octanol–water partition coefficient (Wildman–Crippen LogP) is 3.52. The van der Waals surface area contributed by atoms with Crippen LogP contribution in [0.4, 0.5) is 0 Å². The lowest BCUT2D eigenvalue weighted by atomic mass is 10.2. The minimum atomic E-state index is 0.822. The van der Waals surface area contributed by atoms with E-state index in [9.17, 15) is 0 Å². The largest absolute Gasteiger partial charge is 0.295 e. The Morgan fingerprint density at radius 1 is 0.960 bits per heavy atom. The standard InChI is InChI=1S/C19H23N5S/c1-3-24(14-18-11-22-23(2)12-18)13-17-9-20-19(21-10-17)25-15-16-7-5-4-6-8-16/h4-12H,3,13-15H2,1-2H3. The van der Waals surface area contributed by atoms with E-state index in [4.69, 9.17) is 0 Å². The molecule has 25 heavy (non-hydrogen) atoms. The van der Waals surface area contributed by atoms with Gasteiger partial charge in [0.25, 0.3) is 0 Å². The number of thioether (sulfide) groups is 1. The molecular formula is C19H23N5S. The third-order valence-corrected chi connectivity index (χ3v) is 4.86. The zero-order valence-corrected chi connectivity index (χ0v) is 15.5. The normalized spacial score (nSPS) is 11.2. The van der Waals surface area contributed by atoms with Crippen LogP contribution < -0.4 is 0 Å². The molecule has 0 aliphatic carbocycles. The second-order valence-electron chi connectivity index (χ2n) is 5.97. The Bertz CT molecular complexity index is 770. The van der Waals surface area contributed by atoms with Crippen LogP contribution in [0.5, 0.6) is 0 Å². The first kappa shape index (κ1) is 17.6. The molecule has 0 unspecified atom stereocenters. The molecule has 0 saturated carbocycles. The van der Waals surface area contributed by atoms with E-state index in [2.05, 4.69) is 57.4 Å². The van der Waals surface area contributed by atoms with E-state index in [-0.39, 0.29) is 0 Å². The third kappa shape index (κ3) is 5.41. The van der Waals surface area contributed by atoms with Gasteiger partial charge in [0.1, 0.15) is 0 Å². The molecule has 0 atom stereocenters. The molecule has 1 aromatic carbocycles. The Hall–Kier alpha value is -2.18. The molecule has 3 rings (SSSR count). The second-order valence-corrected chi connectivity index (χ2v) is 6.92. The maximum Gasteiger partial charge on any atom is 0.187 e. The molecule has 0 fully saturated rings. The monoisotopic (exact) mass is 353 g/mol. The van der Waals surface area contributed by atoms with Crippen molar-refractivity contribution in [1.82, 2.24) is 24.6 Å². The molecule has 0 aliphatic heterocycles. The van der Waals surface area contributed by atoms with E-state index in [1.54, 1.807) is 11.8 Å². The first-order valence-electron chi connectivity index (χ1n) is 8.40. The summed E-state index contributed by atoms with van der Waals surface area (Å²) in [6, 6.07) is 10.4. The Kier molecular flexibility index (Phi) is 6.19. The summed E-state index contributed by atoms with van der Waals surface area (Å²) >= 11 is 1.67. The van der Waals surface area contributed by atoms with Crippen LogP contribution in [0.2, 0.25) is 0 Å². The maximum absolute atomic E-state index is 4.50. The topological polar surface area (TPSA) is 46.8 Å². The van der Waals surface area contributed by atoms with Crippen molar-refractivity contribution in [3.63, 3.8) is 0 Å². The quantitative estimate of drug-likeness (QED) is 0.458. The van der Waals surface area contributed by atoms with Crippen molar-refractivity contribution < 1.29 is 0 Å². The number of nitrogens with zero attached hydrogens (tertiary/aromatic N) is 5. The molecule has 0 spiro atoms. The highest BCUT2D eigenvalue weighted by atomic mass is 32.2. The summed E-state index contributed by atoms with van der Waals surface area (Å²) in [6.45, 7) is 4.87. The Balaban J connectivity index is 1.54. The SMILES string of the molecule is CCN(Cc1cnc(SCc2ccccc2)nc1)Cc1cnn(C)c1. The van der Waals surface area contributed by atoms with Crippen LogP contribution in [0.3, 0.4) is 0 Å². The van der Waals surface area contributed by atoms with Crippen LogP contribution in [0.15, 0.2) is 60.3 Å². The Morgan fingerprint density at radius 2 is 1.68 bits per heavy atom. The van der Waals surface area contributed by atoms with Crippen LogP contribution in [0, 0.1) is 0 Å². The first-order chi connectivity index (χ1) is 12.2. The number of hydrogen-bond donors (Lipinski definition) is 0. The fourth-order valence-corrected chi connectivity index (χ4v) is 3.31. The van der Waals surface area contributed by atoms with Gasteiger partial charge in [-0.2, -0.15) is 5.10 Å². The van der Waals surface area contributed by atoms with E-state index in [1.807, 2.05) is 36.4 Å². The zero-order chi connectivity index (χ0) is 17.5. The van der Waals surface area contributed by atoms with Crippen LogP contribution in [0.25, 0.3) is 0 Å². The molecule has 2 heterocycles. The van der Waals surface area contributed by atoms with Crippen LogP contribution in [-0.2, 0) is 25.9 Å². The highest BCUT2D eigenvalue weighted by Gasteiger charge is 2.08. The summed E-state index contributed by atoms with van der Waals surface area (Å²) in [5, 5.41) is 5.05.